The molecule has 0 aliphatic carbocycles. The maximum Gasteiger partial charge on any atom is 0.416 e. The van der Waals surface area contributed by atoms with Gasteiger partial charge in [0.1, 0.15) is 5.82 Å². The molecule has 0 N–H and O–H groups in total. The molecule has 162 valence electrons. The summed E-state index contributed by atoms with van der Waals surface area (Å²) in [6, 6.07) is 12.7. The summed E-state index contributed by atoms with van der Waals surface area (Å²) in [6.07, 6.45) is -2.03. The average Bonchev–Trinajstić information content (AvgIpc) is 2.74. The second-order valence-corrected chi connectivity index (χ2v) is 8.23. The van der Waals surface area contributed by atoms with Crippen LogP contribution in [-0.2, 0) is 12.7 Å². The zero-order valence-corrected chi connectivity index (χ0v) is 16.9. The van der Waals surface area contributed by atoms with E-state index in [1.807, 2.05) is 12.1 Å². The Bertz CT molecular complexity index is 812. The number of likely N-dealkylation sites (tertiary alicyclic amines) is 1. The van der Waals surface area contributed by atoms with Gasteiger partial charge in [-0.05, 0) is 61.3 Å². The summed E-state index contributed by atoms with van der Waals surface area (Å²) < 4.78 is 51.4. The Labute approximate surface area is 174 Å². The number of rotatable bonds is 4. The minimum atomic E-state index is -4.29. The molecule has 2 aromatic carbocycles. The number of benzene rings is 2. The van der Waals surface area contributed by atoms with E-state index in [4.69, 9.17) is 0 Å². The summed E-state index contributed by atoms with van der Waals surface area (Å²) in [4.78, 5) is 7.17. The standard InChI is InChI=1S/C23H27F4N3/c24-20-7-9-21(10-8-20)29-12-14-30(15-13-29)22-2-1-11-28(17-22)16-18-3-5-19(6-4-18)23(25,26)27/h3-10,22H,1-2,11-17H2. The summed E-state index contributed by atoms with van der Waals surface area (Å²) in [7, 11) is 0. The third-order valence-corrected chi connectivity index (χ3v) is 6.19. The maximum atomic E-state index is 13.1. The van der Waals surface area contributed by atoms with Crippen molar-refractivity contribution in [3.05, 3.63) is 65.5 Å². The molecule has 0 saturated carbocycles. The molecule has 0 spiro atoms. The Morgan fingerprint density at radius 1 is 0.833 bits per heavy atom. The van der Waals surface area contributed by atoms with Crippen LogP contribution in [0.3, 0.4) is 0 Å². The molecule has 2 fully saturated rings. The molecular formula is C23H27F4N3. The average molecular weight is 421 g/mol. The molecule has 30 heavy (non-hydrogen) atoms. The summed E-state index contributed by atoms with van der Waals surface area (Å²) in [5, 5.41) is 0. The van der Waals surface area contributed by atoms with Gasteiger partial charge in [0.15, 0.2) is 0 Å². The first-order valence-corrected chi connectivity index (χ1v) is 10.5. The van der Waals surface area contributed by atoms with Crippen molar-refractivity contribution in [1.82, 2.24) is 9.80 Å². The fraction of sp³-hybridized carbons (Fsp3) is 0.478. The van der Waals surface area contributed by atoms with Crippen molar-refractivity contribution in [1.29, 1.82) is 0 Å². The predicted molar refractivity (Wildman–Crippen MR) is 110 cm³/mol. The second kappa shape index (κ2) is 8.94. The third-order valence-electron chi connectivity index (χ3n) is 6.19. The number of piperidine rings is 1. The van der Waals surface area contributed by atoms with Gasteiger partial charge in [0.05, 0.1) is 5.56 Å². The van der Waals surface area contributed by atoms with Gasteiger partial charge in [0.25, 0.3) is 0 Å². The van der Waals surface area contributed by atoms with Crippen molar-refractivity contribution in [2.75, 3.05) is 44.2 Å². The van der Waals surface area contributed by atoms with E-state index >= 15 is 0 Å². The molecule has 7 heteroatoms. The van der Waals surface area contributed by atoms with Crippen LogP contribution >= 0.6 is 0 Å². The number of piperazine rings is 1. The quantitative estimate of drug-likeness (QED) is 0.667. The fourth-order valence-corrected chi connectivity index (χ4v) is 4.53. The zero-order chi connectivity index (χ0) is 21.1. The molecule has 2 aromatic rings. The van der Waals surface area contributed by atoms with Gasteiger partial charge in [0, 0.05) is 51.0 Å². The Kier molecular flexibility index (Phi) is 6.29. The maximum absolute atomic E-state index is 13.1. The predicted octanol–water partition coefficient (Wildman–Crippen LogP) is 4.63. The lowest BCUT2D eigenvalue weighted by molar-refractivity contribution is -0.137. The molecule has 0 radical (unpaired) electrons. The number of halogens is 4. The molecule has 0 aromatic heterocycles. The zero-order valence-electron chi connectivity index (χ0n) is 16.9. The molecule has 3 nitrogen and oxygen atoms in total. The molecule has 2 heterocycles. The van der Waals surface area contributed by atoms with Gasteiger partial charge in [-0.3, -0.25) is 9.80 Å². The highest BCUT2D eigenvalue weighted by Crippen LogP contribution is 2.29. The Balaban J connectivity index is 1.29. The van der Waals surface area contributed by atoms with E-state index in [1.165, 1.54) is 24.3 Å². The number of hydrogen-bond acceptors (Lipinski definition) is 3. The molecule has 2 saturated heterocycles. The molecule has 0 amide bonds. The lowest BCUT2D eigenvalue weighted by Gasteiger charge is -2.44. The number of nitrogens with zero attached hydrogens (tertiary/aromatic N) is 3. The minimum absolute atomic E-state index is 0.215. The van der Waals surface area contributed by atoms with Gasteiger partial charge in [-0.1, -0.05) is 12.1 Å². The largest absolute Gasteiger partial charge is 0.416 e. The Morgan fingerprint density at radius 3 is 2.13 bits per heavy atom. The highest BCUT2D eigenvalue weighted by Gasteiger charge is 2.31. The van der Waals surface area contributed by atoms with Crippen molar-refractivity contribution in [2.45, 2.75) is 31.6 Å². The van der Waals surface area contributed by atoms with Crippen LogP contribution in [0.25, 0.3) is 0 Å². The van der Waals surface area contributed by atoms with Crippen LogP contribution in [0.1, 0.15) is 24.0 Å². The third kappa shape index (κ3) is 5.13. The highest BCUT2D eigenvalue weighted by atomic mass is 19.4. The number of alkyl halides is 3. The lowest BCUT2D eigenvalue weighted by Crippen LogP contribution is -2.55. The van der Waals surface area contributed by atoms with Crippen LogP contribution in [0.2, 0.25) is 0 Å². The van der Waals surface area contributed by atoms with Crippen molar-refractivity contribution < 1.29 is 17.6 Å². The summed E-state index contributed by atoms with van der Waals surface area (Å²) in [6.45, 7) is 6.38. The SMILES string of the molecule is Fc1ccc(N2CCN(C3CCCN(Cc4ccc(C(F)(F)F)cc4)C3)CC2)cc1. The van der Waals surface area contributed by atoms with Gasteiger partial charge in [-0.15, -0.1) is 0 Å². The Morgan fingerprint density at radius 2 is 1.50 bits per heavy atom. The van der Waals surface area contributed by atoms with E-state index in [1.54, 1.807) is 12.1 Å². The first kappa shape index (κ1) is 21.1. The number of anilines is 1. The van der Waals surface area contributed by atoms with Crippen LogP contribution in [0.15, 0.2) is 48.5 Å². The molecule has 2 aliphatic rings. The van der Waals surface area contributed by atoms with Crippen molar-refractivity contribution in [3.8, 4) is 0 Å². The molecule has 4 rings (SSSR count). The van der Waals surface area contributed by atoms with Crippen molar-refractivity contribution in [2.24, 2.45) is 0 Å². The van der Waals surface area contributed by atoms with Crippen LogP contribution < -0.4 is 4.90 Å². The molecule has 1 atom stereocenters. The molecule has 1 unspecified atom stereocenters. The molecule has 0 bridgehead atoms. The van der Waals surface area contributed by atoms with E-state index < -0.39 is 11.7 Å². The van der Waals surface area contributed by atoms with Crippen LogP contribution in [0.5, 0.6) is 0 Å². The van der Waals surface area contributed by atoms with Gasteiger partial charge < -0.3 is 4.90 Å². The van der Waals surface area contributed by atoms with Gasteiger partial charge >= 0.3 is 6.18 Å². The smallest absolute Gasteiger partial charge is 0.369 e. The minimum Gasteiger partial charge on any atom is -0.369 e. The molecular weight excluding hydrogens is 394 g/mol. The first-order chi connectivity index (χ1) is 14.4. The van der Waals surface area contributed by atoms with Gasteiger partial charge in [-0.2, -0.15) is 13.2 Å². The molecule has 2 aliphatic heterocycles. The first-order valence-electron chi connectivity index (χ1n) is 10.5. The Hall–Kier alpha value is -2.12. The second-order valence-electron chi connectivity index (χ2n) is 8.23. The topological polar surface area (TPSA) is 9.72 Å². The summed E-state index contributed by atoms with van der Waals surface area (Å²) in [5.41, 5.74) is 1.38. The van der Waals surface area contributed by atoms with Crippen LogP contribution in [0.4, 0.5) is 23.2 Å². The van der Waals surface area contributed by atoms with Gasteiger partial charge in [-0.25, -0.2) is 4.39 Å². The van der Waals surface area contributed by atoms with E-state index in [0.717, 1.165) is 63.4 Å². The summed E-state index contributed by atoms with van der Waals surface area (Å²) >= 11 is 0. The monoisotopic (exact) mass is 421 g/mol. The van der Waals surface area contributed by atoms with E-state index in [0.29, 0.717) is 12.6 Å². The lowest BCUT2D eigenvalue weighted by atomic mass is 10.0. The van der Waals surface area contributed by atoms with Crippen molar-refractivity contribution in [3.63, 3.8) is 0 Å². The van der Waals surface area contributed by atoms with E-state index in [2.05, 4.69) is 14.7 Å². The van der Waals surface area contributed by atoms with Crippen molar-refractivity contribution >= 4 is 5.69 Å². The van der Waals surface area contributed by atoms with E-state index in [9.17, 15) is 17.6 Å². The fourth-order valence-electron chi connectivity index (χ4n) is 4.53. The number of hydrogen-bond donors (Lipinski definition) is 0. The summed E-state index contributed by atoms with van der Waals surface area (Å²) in [5.74, 6) is -0.215. The van der Waals surface area contributed by atoms with Crippen LogP contribution in [-0.4, -0.2) is 55.1 Å². The highest BCUT2D eigenvalue weighted by molar-refractivity contribution is 5.46. The normalized spacial score (nSPS) is 21.7. The van der Waals surface area contributed by atoms with Crippen LogP contribution in [0, 0.1) is 5.82 Å². The van der Waals surface area contributed by atoms with Gasteiger partial charge in [0.2, 0.25) is 0 Å². The van der Waals surface area contributed by atoms with E-state index in [-0.39, 0.29) is 5.82 Å².